The normalized spacial score (nSPS) is 20.3. The first-order chi connectivity index (χ1) is 13.0. The number of aliphatic carboxylic acids is 1. The van der Waals surface area contributed by atoms with E-state index < -0.39 is 5.97 Å². The van der Waals surface area contributed by atoms with Crippen LogP contribution in [-0.2, 0) is 4.79 Å². The Balaban J connectivity index is 1.52. The molecule has 1 aromatic heterocycles. The molecule has 6 heteroatoms. The van der Waals surface area contributed by atoms with Crippen molar-refractivity contribution in [3.05, 3.63) is 48.2 Å². The van der Waals surface area contributed by atoms with Crippen molar-refractivity contribution in [2.75, 3.05) is 20.2 Å². The van der Waals surface area contributed by atoms with Gasteiger partial charge in [-0.1, -0.05) is 6.07 Å². The van der Waals surface area contributed by atoms with Gasteiger partial charge in [0.15, 0.2) is 0 Å². The van der Waals surface area contributed by atoms with Crippen molar-refractivity contribution in [1.82, 2.24) is 9.88 Å². The number of carbonyl (C=O) groups is 2. The maximum Gasteiger partial charge on any atom is 0.307 e. The number of pyridine rings is 1. The van der Waals surface area contributed by atoms with Gasteiger partial charge in [-0.3, -0.25) is 14.6 Å². The summed E-state index contributed by atoms with van der Waals surface area (Å²) in [6.45, 7) is 1.21. The molecule has 0 radical (unpaired) electrons. The number of rotatable bonds is 4. The third-order valence-corrected chi connectivity index (χ3v) is 5.92. The van der Waals surface area contributed by atoms with Crippen LogP contribution in [0.2, 0.25) is 0 Å². The molecular weight excluding hydrogens is 344 g/mol. The molecule has 140 valence electrons. The van der Waals surface area contributed by atoms with Crippen molar-refractivity contribution in [3.63, 3.8) is 0 Å². The second-order valence-electron chi connectivity index (χ2n) is 7.38. The summed E-state index contributed by atoms with van der Waals surface area (Å²) in [5, 5.41) is 9.21. The molecule has 1 N–H and O–H groups in total. The molecule has 1 saturated carbocycles. The van der Waals surface area contributed by atoms with E-state index in [1.165, 1.54) is 0 Å². The zero-order chi connectivity index (χ0) is 19.0. The molecule has 1 spiro atoms. The van der Waals surface area contributed by atoms with Crippen molar-refractivity contribution in [1.29, 1.82) is 0 Å². The second kappa shape index (κ2) is 6.68. The summed E-state index contributed by atoms with van der Waals surface area (Å²) in [7, 11) is 1.60. The predicted molar refractivity (Wildman–Crippen MR) is 99.5 cm³/mol. The molecule has 0 bridgehead atoms. The summed E-state index contributed by atoms with van der Waals surface area (Å²) in [5.41, 5.74) is 2.05. The molecule has 2 aromatic rings. The number of carbonyl (C=O) groups excluding carboxylic acids is 1. The van der Waals surface area contributed by atoms with Gasteiger partial charge in [0.05, 0.1) is 18.7 Å². The Kier molecular flexibility index (Phi) is 4.34. The van der Waals surface area contributed by atoms with Gasteiger partial charge in [-0.2, -0.15) is 0 Å². The van der Waals surface area contributed by atoms with Crippen molar-refractivity contribution < 1.29 is 19.4 Å². The van der Waals surface area contributed by atoms with Crippen LogP contribution < -0.4 is 4.74 Å². The second-order valence-corrected chi connectivity index (χ2v) is 7.38. The fourth-order valence-corrected chi connectivity index (χ4v) is 4.15. The van der Waals surface area contributed by atoms with Gasteiger partial charge < -0.3 is 14.7 Å². The lowest BCUT2D eigenvalue weighted by atomic mass is 9.90. The molecule has 1 saturated heterocycles. The number of aromatic nitrogens is 1. The molecule has 1 amide bonds. The fraction of sp³-hybridized carbons (Fsp3) is 0.381. The van der Waals surface area contributed by atoms with Crippen LogP contribution in [0.1, 0.15) is 29.6 Å². The summed E-state index contributed by atoms with van der Waals surface area (Å²) in [4.78, 5) is 30.4. The lowest BCUT2D eigenvalue weighted by Gasteiger charge is -2.32. The van der Waals surface area contributed by atoms with Crippen LogP contribution in [0.25, 0.3) is 11.3 Å². The number of benzene rings is 1. The van der Waals surface area contributed by atoms with E-state index in [1.807, 2.05) is 29.2 Å². The number of ether oxygens (including phenoxy) is 1. The maximum atomic E-state index is 13.0. The molecule has 2 fully saturated rings. The minimum atomic E-state index is -0.704. The highest BCUT2D eigenvalue weighted by molar-refractivity contribution is 5.96. The average molecular weight is 366 g/mol. The Morgan fingerprint density at radius 3 is 2.59 bits per heavy atom. The van der Waals surface area contributed by atoms with E-state index in [0.29, 0.717) is 24.4 Å². The lowest BCUT2D eigenvalue weighted by molar-refractivity contribution is -0.139. The standard InChI is InChI=1S/C21H22N2O4/c1-27-18-6-5-14(12-15(18)17-4-2-3-9-22-17)19(24)23-10-7-21(8-11-23)13-16(21)20(25)26/h2-6,9,12,16H,7-8,10-11,13H2,1H3,(H,25,26). The number of amides is 1. The van der Waals surface area contributed by atoms with Crippen LogP contribution in [0.5, 0.6) is 5.75 Å². The third-order valence-electron chi connectivity index (χ3n) is 5.92. The molecule has 1 aliphatic carbocycles. The number of carboxylic acid groups (broad SMARTS) is 1. The maximum absolute atomic E-state index is 13.0. The minimum absolute atomic E-state index is 0.0304. The third kappa shape index (κ3) is 3.16. The number of hydrogen-bond acceptors (Lipinski definition) is 4. The van der Waals surface area contributed by atoms with Crippen molar-refractivity contribution in [2.24, 2.45) is 11.3 Å². The Labute approximate surface area is 157 Å². The van der Waals surface area contributed by atoms with Gasteiger partial charge in [0.2, 0.25) is 0 Å². The number of nitrogens with zero attached hydrogens (tertiary/aromatic N) is 2. The van der Waals surface area contributed by atoms with E-state index in [4.69, 9.17) is 4.74 Å². The summed E-state index contributed by atoms with van der Waals surface area (Å²) < 4.78 is 5.43. The quantitative estimate of drug-likeness (QED) is 0.899. The van der Waals surface area contributed by atoms with Gasteiger partial charge >= 0.3 is 5.97 Å². The summed E-state index contributed by atoms with van der Waals surface area (Å²) in [6, 6.07) is 11.0. The van der Waals surface area contributed by atoms with Crippen LogP contribution >= 0.6 is 0 Å². The summed E-state index contributed by atoms with van der Waals surface area (Å²) >= 11 is 0. The van der Waals surface area contributed by atoms with Gasteiger partial charge in [0.25, 0.3) is 5.91 Å². The zero-order valence-corrected chi connectivity index (χ0v) is 15.2. The van der Waals surface area contributed by atoms with Crippen molar-refractivity contribution >= 4 is 11.9 Å². The molecule has 2 heterocycles. The number of carboxylic acids is 1. The highest BCUT2D eigenvalue weighted by Gasteiger charge is 2.59. The lowest BCUT2D eigenvalue weighted by Crippen LogP contribution is -2.40. The predicted octanol–water partition coefficient (Wildman–Crippen LogP) is 3.08. The summed E-state index contributed by atoms with van der Waals surface area (Å²) in [6.07, 6.45) is 3.98. The minimum Gasteiger partial charge on any atom is -0.496 e. The number of likely N-dealkylation sites (tertiary alicyclic amines) is 1. The smallest absolute Gasteiger partial charge is 0.307 e. The van der Waals surface area contributed by atoms with Gasteiger partial charge in [-0.05, 0) is 55.0 Å². The molecule has 27 heavy (non-hydrogen) atoms. The van der Waals surface area contributed by atoms with E-state index in [1.54, 1.807) is 25.4 Å². The van der Waals surface area contributed by atoms with Crippen molar-refractivity contribution in [3.8, 4) is 17.0 Å². The summed E-state index contributed by atoms with van der Waals surface area (Å²) in [5.74, 6) is -0.293. The highest BCUT2D eigenvalue weighted by atomic mass is 16.5. The van der Waals surface area contributed by atoms with Gasteiger partial charge in [-0.25, -0.2) is 0 Å². The van der Waals surface area contributed by atoms with Crippen LogP contribution in [0.4, 0.5) is 0 Å². The Bertz CT molecular complexity index is 873. The SMILES string of the molecule is COc1ccc(C(=O)N2CCC3(CC2)CC3C(=O)O)cc1-c1ccccn1. The largest absolute Gasteiger partial charge is 0.496 e. The van der Waals surface area contributed by atoms with E-state index in [0.717, 1.165) is 30.5 Å². The van der Waals surface area contributed by atoms with Crippen LogP contribution in [-0.4, -0.2) is 47.1 Å². The first-order valence-corrected chi connectivity index (χ1v) is 9.16. The zero-order valence-electron chi connectivity index (χ0n) is 15.2. The Morgan fingerprint density at radius 1 is 1.22 bits per heavy atom. The van der Waals surface area contributed by atoms with E-state index in [9.17, 15) is 14.7 Å². The van der Waals surface area contributed by atoms with Crippen molar-refractivity contribution in [2.45, 2.75) is 19.3 Å². The van der Waals surface area contributed by atoms with E-state index in [-0.39, 0.29) is 17.2 Å². The van der Waals surface area contributed by atoms with Gasteiger partial charge in [-0.15, -0.1) is 0 Å². The van der Waals surface area contributed by atoms with Crippen LogP contribution in [0.15, 0.2) is 42.6 Å². The molecule has 4 rings (SSSR count). The molecule has 6 nitrogen and oxygen atoms in total. The van der Waals surface area contributed by atoms with E-state index >= 15 is 0 Å². The highest BCUT2D eigenvalue weighted by Crippen LogP contribution is 2.59. The molecule has 1 atom stereocenters. The number of piperidine rings is 1. The molecule has 1 aromatic carbocycles. The monoisotopic (exact) mass is 366 g/mol. The topological polar surface area (TPSA) is 79.7 Å². The van der Waals surface area contributed by atoms with Crippen LogP contribution in [0, 0.1) is 11.3 Å². The average Bonchev–Trinajstić information content (AvgIpc) is 3.42. The Hall–Kier alpha value is -2.89. The molecule has 1 aliphatic heterocycles. The molecule has 2 aliphatic rings. The molecular formula is C21H22N2O4. The fourth-order valence-electron chi connectivity index (χ4n) is 4.15. The Morgan fingerprint density at radius 2 is 2.00 bits per heavy atom. The van der Waals surface area contributed by atoms with Gasteiger partial charge in [0, 0.05) is 30.4 Å². The first-order valence-electron chi connectivity index (χ1n) is 9.16. The number of hydrogen-bond donors (Lipinski definition) is 1. The van der Waals surface area contributed by atoms with E-state index in [2.05, 4.69) is 4.98 Å². The van der Waals surface area contributed by atoms with Crippen LogP contribution in [0.3, 0.4) is 0 Å². The van der Waals surface area contributed by atoms with Gasteiger partial charge in [0.1, 0.15) is 5.75 Å². The molecule has 1 unspecified atom stereocenters. The first kappa shape index (κ1) is 17.5. The number of methoxy groups -OCH3 is 1.